The number of aromatic hydroxyl groups is 1. The molecule has 3 heterocycles. The van der Waals surface area contributed by atoms with Crippen molar-refractivity contribution in [3.05, 3.63) is 51.9 Å². The standard InChI is InChI=1S/C19H17BrN4O3S/c20-17-4-3-16(28-17)14-5-6-21-19(23-14)22-12-1-2-15(25)13(11-12)18(26)24-7-9-27-10-8-24/h1-6,11,25H,7-10H2,(H,21,22,23). The zero-order valence-electron chi connectivity index (χ0n) is 14.8. The number of ether oxygens (including phenoxy) is 1. The van der Waals surface area contributed by atoms with Crippen LogP contribution < -0.4 is 5.32 Å². The summed E-state index contributed by atoms with van der Waals surface area (Å²) in [5.41, 5.74) is 1.67. The number of nitrogens with zero attached hydrogens (tertiary/aromatic N) is 3. The minimum absolute atomic E-state index is 0.0554. The van der Waals surface area contributed by atoms with Crippen LogP contribution >= 0.6 is 27.3 Å². The largest absolute Gasteiger partial charge is 0.507 e. The van der Waals surface area contributed by atoms with Crippen molar-refractivity contribution < 1.29 is 14.6 Å². The number of rotatable bonds is 4. The highest BCUT2D eigenvalue weighted by Crippen LogP contribution is 2.31. The molecular formula is C19H17BrN4O3S. The number of carbonyl (C=O) groups excluding carboxylic acids is 1. The summed E-state index contributed by atoms with van der Waals surface area (Å²) in [7, 11) is 0. The highest BCUT2D eigenvalue weighted by molar-refractivity contribution is 9.11. The lowest BCUT2D eigenvalue weighted by atomic mass is 10.1. The first-order valence-corrected chi connectivity index (χ1v) is 10.3. The Bertz CT molecular complexity index is 1000. The second-order valence-electron chi connectivity index (χ2n) is 6.13. The molecule has 2 aromatic heterocycles. The van der Waals surface area contributed by atoms with Crippen molar-refractivity contribution in [3.8, 4) is 16.3 Å². The predicted molar refractivity (Wildman–Crippen MR) is 111 cm³/mol. The number of phenols is 1. The molecule has 2 N–H and O–H groups in total. The molecule has 28 heavy (non-hydrogen) atoms. The molecule has 4 rings (SSSR count). The van der Waals surface area contributed by atoms with Gasteiger partial charge in [0, 0.05) is 25.0 Å². The number of anilines is 2. The van der Waals surface area contributed by atoms with Gasteiger partial charge in [0.1, 0.15) is 5.75 Å². The Hall–Kier alpha value is -2.49. The Labute approximate surface area is 174 Å². The predicted octanol–water partition coefficient (Wildman–Crippen LogP) is 3.89. The second-order valence-corrected chi connectivity index (χ2v) is 8.59. The van der Waals surface area contributed by atoms with E-state index in [-0.39, 0.29) is 17.2 Å². The maximum atomic E-state index is 12.7. The van der Waals surface area contributed by atoms with Gasteiger partial charge >= 0.3 is 0 Å². The normalized spacial score (nSPS) is 14.1. The lowest BCUT2D eigenvalue weighted by molar-refractivity contribution is 0.0301. The molecule has 144 valence electrons. The van der Waals surface area contributed by atoms with Gasteiger partial charge in [-0.15, -0.1) is 11.3 Å². The van der Waals surface area contributed by atoms with Gasteiger partial charge in [0.25, 0.3) is 5.91 Å². The molecule has 3 aromatic rings. The van der Waals surface area contributed by atoms with E-state index in [1.54, 1.807) is 34.6 Å². The number of thiophene rings is 1. The zero-order chi connectivity index (χ0) is 19.5. The molecule has 1 aromatic carbocycles. The van der Waals surface area contributed by atoms with Gasteiger partial charge in [-0.05, 0) is 52.3 Å². The van der Waals surface area contributed by atoms with Crippen LogP contribution in [0.3, 0.4) is 0 Å². The topological polar surface area (TPSA) is 87.6 Å². The van der Waals surface area contributed by atoms with Crippen LogP contribution in [-0.2, 0) is 4.74 Å². The first kappa shape index (κ1) is 18.9. The molecule has 9 heteroatoms. The number of phenolic OH excluding ortho intramolecular Hbond substituents is 1. The Morgan fingerprint density at radius 1 is 1.21 bits per heavy atom. The fourth-order valence-electron chi connectivity index (χ4n) is 2.86. The van der Waals surface area contributed by atoms with Crippen LogP contribution in [0, 0.1) is 0 Å². The van der Waals surface area contributed by atoms with E-state index >= 15 is 0 Å². The van der Waals surface area contributed by atoms with E-state index in [0.717, 1.165) is 14.4 Å². The quantitative estimate of drug-likeness (QED) is 0.574. The Morgan fingerprint density at radius 2 is 2.04 bits per heavy atom. The number of morpholine rings is 1. The third-order valence-electron chi connectivity index (χ3n) is 4.26. The van der Waals surface area contributed by atoms with Gasteiger partial charge in [0.2, 0.25) is 5.95 Å². The highest BCUT2D eigenvalue weighted by Gasteiger charge is 2.21. The zero-order valence-corrected chi connectivity index (χ0v) is 17.2. The molecule has 0 saturated carbocycles. The molecule has 0 unspecified atom stereocenters. The fourth-order valence-corrected chi connectivity index (χ4v) is 4.21. The summed E-state index contributed by atoms with van der Waals surface area (Å²) in [6.07, 6.45) is 1.68. The fraction of sp³-hybridized carbons (Fsp3) is 0.211. The number of hydrogen-bond donors (Lipinski definition) is 2. The Morgan fingerprint density at radius 3 is 2.79 bits per heavy atom. The molecule has 7 nitrogen and oxygen atoms in total. The highest BCUT2D eigenvalue weighted by atomic mass is 79.9. The van der Waals surface area contributed by atoms with Gasteiger partial charge in [-0.3, -0.25) is 4.79 Å². The number of benzene rings is 1. The maximum Gasteiger partial charge on any atom is 0.257 e. The average Bonchev–Trinajstić information content (AvgIpc) is 3.16. The average molecular weight is 461 g/mol. The SMILES string of the molecule is O=C(c1cc(Nc2nccc(-c3ccc(Br)s3)n2)ccc1O)N1CCOCC1. The Kier molecular flexibility index (Phi) is 5.56. The molecular weight excluding hydrogens is 444 g/mol. The van der Waals surface area contributed by atoms with Crippen molar-refractivity contribution in [2.75, 3.05) is 31.6 Å². The van der Waals surface area contributed by atoms with Crippen LogP contribution in [0.4, 0.5) is 11.6 Å². The summed E-state index contributed by atoms with van der Waals surface area (Å²) < 4.78 is 6.31. The number of nitrogens with one attached hydrogen (secondary N) is 1. The van der Waals surface area contributed by atoms with Crippen LogP contribution in [-0.4, -0.2) is 52.2 Å². The first-order valence-electron chi connectivity index (χ1n) is 8.66. The molecule has 0 spiro atoms. The maximum absolute atomic E-state index is 12.7. The number of amides is 1. The van der Waals surface area contributed by atoms with Crippen molar-refractivity contribution in [1.82, 2.24) is 14.9 Å². The van der Waals surface area contributed by atoms with Crippen molar-refractivity contribution in [1.29, 1.82) is 0 Å². The summed E-state index contributed by atoms with van der Waals surface area (Å²) in [5.74, 6) is 0.139. The Balaban J connectivity index is 1.56. The molecule has 1 aliphatic heterocycles. The molecule has 1 fully saturated rings. The molecule has 0 bridgehead atoms. The number of hydrogen-bond acceptors (Lipinski definition) is 7. The molecule has 1 aliphatic rings. The monoisotopic (exact) mass is 460 g/mol. The van der Waals surface area contributed by atoms with E-state index in [2.05, 4.69) is 31.2 Å². The minimum Gasteiger partial charge on any atom is -0.507 e. The van der Waals surface area contributed by atoms with E-state index in [9.17, 15) is 9.90 Å². The number of carbonyl (C=O) groups is 1. The number of halogens is 1. The molecule has 0 atom stereocenters. The molecule has 1 saturated heterocycles. The van der Waals surface area contributed by atoms with E-state index in [0.29, 0.717) is 37.9 Å². The van der Waals surface area contributed by atoms with E-state index in [4.69, 9.17) is 4.74 Å². The van der Waals surface area contributed by atoms with Crippen molar-refractivity contribution in [2.45, 2.75) is 0 Å². The van der Waals surface area contributed by atoms with Crippen LogP contribution in [0.2, 0.25) is 0 Å². The van der Waals surface area contributed by atoms with Crippen LogP contribution in [0.25, 0.3) is 10.6 Å². The molecule has 1 amide bonds. The summed E-state index contributed by atoms with van der Waals surface area (Å²) in [6, 6.07) is 10.6. The van der Waals surface area contributed by atoms with E-state index < -0.39 is 0 Å². The summed E-state index contributed by atoms with van der Waals surface area (Å²) in [4.78, 5) is 24.2. The summed E-state index contributed by atoms with van der Waals surface area (Å²) >= 11 is 5.04. The minimum atomic E-state index is -0.220. The lowest BCUT2D eigenvalue weighted by Crippen LogP contribution is -2.40. The third kappa shape index (κ3) is 4.16. The van der Waals surface area contributed by atoms with Crippen molar-refractivity contribution in [2.24, 2.45) is 0 Å². The van der Waals surface area contributed by atoms with Gasteiger partial charge in [0.05, 0.1) is 33.1 Å². The van der Waals surface area contributed by atoms with Crippen LogP contribution in [0.1, 0.15) is 10.4 Å². The summed E-state index contributed by atoms with van der Waals surface area (Å²) in [6.45, 7) is 2.03. The smallest absolute Gasteiger partial charge is 0.257 e. The second kappa shape index (κ2) is 8.26. The van der Waals surface area contributed by atoms with Crippen molar-refractivity contribution in [3.63, 3.8) is 0 Å². The first-order chi connectivity index (χ1) is 13.6. The van der Waals surface area contributed by atoms with Gasteiger partial charge in [-0.1, -0.05) is 0 Å². The van der Waals surface area contributed by atoms with Gasteiger partial charge in [-0.25, -0.2) is 9.97 Å². The number of aromatic nitrogens is 2. The third-order valence-corrected chi connectivity index (χ3v) is 5.91. The van der Waals surface area contributed by atoms with Gasteiger partial charge < -0.3 is 20.1 Å². The van der Waals surface area contributed by atoms with Crippen LogP contribution in [0.5, 0.6) is 5.75 Å². The van der Waals surface area contributed by atoms with E-state index in [1.807, 2.05) is 18.2 Å². The van der Waals surface area contributed by atoms with Crippen molar-refractivity contribution >= 4 is 44.8 Å². The van der Waals surface area contributed by atoms with E-state index in [1.165, 1.54) is 6.07 Å². The molecule has 0 radical (unpaired) electrons. The van der Waals surface area contributed by atoms with Gasteiger partial charge in [0.15, 0.2) is 0 Å². The van der Waals surface area contributed by atoms with Gasteiger partial charge in [-0.2, -0.15) is 0 Å². The molecule has 0 aliphatic carbocycles. The van der Waals surface area contributed by atoms with Crippen LogP contribution in [0.15, 0.2) is 46.4 Å². The summed E-state index contributed by atoms with van der Waals surface area (Å²) in [5, 5.41) is 13.3. The lowest BCUT2D eigenvalue weighted by Gasteiger charge is -2.27.